The van der Waals surface area contributed by atoms with Crippen molar-refractivity contribution in [2.45, 2.75) is 10.1 Å². The van der Waals surface area contributed by atoms with Crippen LogP contribution in [0.25, 0.3) is 5.76 Å². The van der Waals surface area contributed by atoms with Crippen molar-refractivity contribution in [2.24, 2.45) is 0 Å². The summed E-state index contributed by atoms with van der Waals surface area (Å²) in [4.78, 5) is 14.5. The summed E-state index contributed by atoms with van der Waals surface area (Å²) in [7, 11) is 0. The molecule has 0 amide bonds. The van der Waals surface area contributed by atoms with E-state index in [0.717, 1.165) is 4.90 Å². The molecular weight excluding hydrogens is 328 g/mol. The van der Waals surface area contributed by atoms with Gasteiger partial charge >= 0.3 is 0 Å². The van der Waals surface area contributed by atoms with Crippen LogP contribution in [0, 0.1) is 0 Å². The summed E-state index contributed by atoms with van der Waals surface area (Å²) >= 11 is 2.90. The molecule has 1 N–H and O–H groups in total. The summed E-state index contributed by atoms with van der Waals surface area (Å²) in [5.74, 6) is 0.552. The van der Waals surface area contributed by atoms with Crippen LogP contribution < -0.4 is 0 Å². The second-order valence-electron chi connectivity index (χ2n) is 5.08. The van der Waals surface area contributed by atoms with Crippen LogP contribution in [0.3, 0.4) is 0 Å². The normalized spacial score (nSPS) is 17.1. The monoisotopic (exact) mass is 340 g/mol. The van der Waals surface area contributed by atoms with Crippen LogP contribution in [-0.4, -0.2) is 10.9 Å². The number of aliphatic hydroxyl groups is 1. The van der Waals surface area contributed by atoms with E-state index in [2.05, 4.69) is 0 Å². The van der Waals surface area contributed by atoms with E-state index in [4.69, 9.17) is 4.42 Å². The van der Waals surface area contributed by atoms with E-state index in [0.29, 0.717) is 21.8 Å². The predicted molar refractivity (Wildman–Crippen MR) is 91.9 cm³/mol. The minimum Gasteiger partial charge on any atom is -0.507 e. The van der Waals surface area contributed by atoms with Crippen molar-refractivity contribution in [3.05, 3.63) is 81.9 Å². The van der Waals surface area contributed by atoms with Gasteiger partial charge in [0.1, 0.15) is 11.5 Å². The molecule has 0 aliphatic carbocycles. The van der Waals surface area contributed by atoms with Crippen LogP contribution in [0.15, 0.2) is 75.1 Å². The average Bonchev–Trinajstić information content (AvgIpc) is 3.28. The minimum atomic E-state index is -0.352. The van der Waals surface area contributed by atoms with Crippen LogP contribution >= 0.6 is 23.1 Å². The first-order valence-electron chi connectivity index (χ1n) is 7.06. The number of ketones is 1. The van der Waals surface area contributed by atoms with Crippen molar-refractivity contribution in [3.63, 3.8) is 0 Å². The number of carbonyl (C=O) groups is 1. The molecule has 1 atom stereocenters. The van der Waals surface area contributed by atoms with Gasteiger partial charge in [0, 0.05) is 10.5 Å². The van der Waals surface area contributed by atoms with Gasteiger partial charge in [0.15, 0.2) is 0 Å². The highest BCUT2D eigenvalue weighted by Gasteiger charge is 2.35. The number of thioether (sulfide) groups is 1. The van der Waals surface area contributed by atoms with Crippen LogP contribution in [0.1, 0.15) is 26.2 Å². The number of furan rings is 1. The average molecular weight is 340 g/mol. The molecule has 0 bridgehead atoms. The first-order valence-corrected chi connectivity index (χ1v) is 8.82. The Morgan fingerprint density at radius 1 is 1.09 bits per heavy atom. The van der Waals surface area contributed by atoms with E-state index in [9.17, 15) is 9.90 Å². The Kier molecular flexibility index (Phi) is 3.59. The molecule has 0 saturated heterocycles. The largest absolute Gasteiger partial charge is 0.507 e. The third-order valence-electron chi connectivity index (χ3n) is 3.70. The van der Waals surface area contributed by atoms with Gasteiger partial charge in [-0.2, -0.15) is 0 Å². The second-order valence-corrected chi connectivity index (χ2v) is 7.17. The van der Waals surface area contributed by atoms with E-state index in [1.54, 1.807) is 18.4 Å². The SMILES string of the molecule is O=C(C1=C(O)c2ccccc2SC1c1ccco1)c1cccs1. The van der Waals surface area contributed by atoms with Gasteiger partial charge in [-0.05, 0) is 29.6 Å². The molecule has 0 saturated carbocycles. The van der Waals surface area contributed by atoms with E-state index in [1.165, 1.54) is 23.1 Å². The Balaban J connectivity index is 1.90. The Morgan fingerprint density at radius 2 is 1.96 bits per heavy atom. The quantitative estimate of drug-likeness (QED) is 0.654. The van der Waals surface area contributed by atoms with Crippen molar-refractivity contribution in [3.8, 4) is 0 Å². The summed E-state index contributed by atoms with van der Waals surface area (Å²) in [5, 5.41) is 12.3. The molecule has 114 valence electrons. The van der Waals surface area contributed by atoms with Crippen molar-refractivity contribution in [1.29, 1.82) is 0 Å². The molecule has 3 heterocycles. The van der Waals surface area contributed by atoms with Gasteiger partial charge in [0.05, 0.1) is 22.0 Å². The Hall–Kier alpha value is -2.24. The number of carbonyl (C=O) groups excluding carboxylic acids is 1. The van der Waals surface area contributed by atoms with Gasteiger partial charge in [-0.15, -0.1) is 23.1 Å². The maximum atomic E-state index is 12.9. The van der Waals surface area contributed by atoms with Crippen molar-refractivity contribution in [1.82, 2.24) is 0 Å². The zero-order valence-electron chi connectivity index (χ0n) is 11.9. The fraction of sp³-hybridized carbons (Fsp3) is 0.0556. The fourth-order valence-corrected chi connectivity index (χ4v) is 4.60. The zero-order valence-corrected chi connectivity index (χ0v) is 13.6. The summed E-state index contributed by atoms with van der Waals surface area (Å²) in [6.45, 7) is 0. The molecule has 0 radical (unpaired) electrons. The van der Waals surface area contributed by atoms with Crippen LogP contribution in [0.2, 0.25) is 0 Å². The van der Waals surface area contributed by atoms with Crippen LogP contribution in [0.5, 0.6) is 0 Å². The summed E-state index contributed by atoms with van der Waals surface area (Å²) in [6, 6.07) is 14.8. The number of benzene rings is 1. The third kappa shape index (κ3) is 2.42. The molecular formula is C18H12O3S2. The summed E-state index contributed by atoms with van der Waals surface area (Å²) < 4.78 is 5.52. The number of hydrogen-bond donors (Lipinski definition) is 1. The van der Waals surface area contributed by atoms with Gasteiger partial charge in [-0.3, -0.25) is 4.79 Å². The summed E-state index contributed by atoms with van der Waals surface area (Å²) in [5.41, 5.74) is 1.08. The van der Waals surface area contributed by atoms with Gasteiger partial charge in [-0.25, -0.2) is 0 Å². The first-order chi connectivity index (χ1) is 11.3. The Labute approximate surface area is 141 Å². The number of aliphatic hydroxyl groups excluding tert-OH is 1. The van der Waals surface area contributed by atoms with Crippen LogP contribution in [0.4, 0.5) is 0 Å². The van der Waals surface area contributed by atoms with Crippen molar-refractivity contribution in [2.75, 3.05) is 0 Å². The molecule has 2 aromatic heterocycles. The molecule has 4 rings (SSSR count). The van der Waals surface area contributed by atoms with E-state index >= 15 is 0 Å². The van der Waals surface area contributed by atoms with E-state index < -0.39 is 0 Å². The standard InChI is InChI=1S/C18H12O3S2/c19-16-11-5-1-2-7-13(11)23-18(12-6-3-9-21-12)15(16)17(20)14-8-4-10-22-14/h1-10,18-19H. The first kappa shape index (κ1) is 14.4. The van der Waals surface area contributed by atoms with E-state index in [-0.39, 0.29) is 16.8 Å². The lowest BCUT2D eigenvalue weighted by atomic mass is 9.98. The lowest BCUT2D eigenvalue weighted by Gasteiger charge is -2.25. The molecule has 1 aliphatic heterocycles. The predicted octanol–water partition coefficient (Wildman–Crippen LogP) is 5.34. The highest BCUT2D eigenvalue weighted by molar-refractivity contribution is 8.00. The van der Waals surface area contributed by atoms with Gasteiger partial charge < -0.3 is 9.52 Å². The topological polar surface area (TPSA) is 50.4 Å². The smallest absolute Gasteiger partial charge is 0.204 e. The number of Topliss-reactive ketones (excluding diaryl/α,β-unsaturated/α-hetero) is 1. The molecule has 3 aromatic rings. The molecule has 5 heteroatoms. The zero-order chi connectivity index (χ0) is 15.8. The maximum absolute atomic E-state index is 12.9. The summed E-state index contributed by atoms with van der Waals surface area (Å²) in [6.07, 6.45) is 1.58. The van der Waals surface area contributed by atoms with Crippen LogP contribution in [-0.2, 0) is 0 Å². The third-order valence-corrected chi connectivity index (χ3v) is 5.88. The number of thiophene rings is 1. The fourth-order valence-electron chi connectivity index (χ4n) is 2.63. The lowest BCUT2D eigenvalue weighted by molar-refractivity contribution is 0.103. The molecule has 1 aromatic carbocycles. The molecule has 0 spiro atoms. The number of fused-ring (bicyclic) bond motifs is 1. The van der Waals surface area contributed by atoms with Crippen molar-refractivity contribution < 1.29 is 14.3 Å². The highest BCUT2D eigenvalue weighted by atomic mass is 32.2. The number of hydrogen-bond acceptors (Lipinski definition) is 5. The molecule has 3 nitrogen and oxygen atoms in total. The highest BCUT2D eigenvalue weighted by Crippen LogP contribution is 2.50. The Bertz CT molecular complexity index is 877. The molecule has 23 heavy (non-hydrogen) atoms. The molecule has 1 unspecified atom stereocenters. The Morgan fingerprint density at radius 3 is 2.70 bits per heavy atom. The second kappa shape index (κ2) is 5.76. The lowest BCUT2D eigenvalue weighted by Crippen LogP contribution is -2.15. The van der Waals surface area contributed by atoms with Gasteiger partial charge in [0.25, 0.3) is 0 Å². The minimum absolute atomic E-state index is 0.0409. The maximum Gasteiger partial charge on any atom is 0.204 e. The molecule has 0 fully saturated rings. The van der Waals surface area contributed by atoms with Gasteiger partial charge in [-0.1, -0.05) is 24.3 Å². The van der Waals surface area contributed by atoms with E-state index in [1.807, 2.05) is 41.8 Å². The van der Waals surface area contributed by atoms with Crippen molar-refractivity contribution >= 4 is 34.6 Å². The molecule has 1 aliphatic rings. The van der Waals surface area contributed by atoms with Gasteiger partial charge in [0.2, 0.25) is 5.78 Å². The number of rotatable bonds is 3.